The molecule has 2 aromatic heterocycles. The topological polar surface area (TPSA) is 85.3 Å². The molecule has 2 atom stereocenters. The Morgan fingerprint density at radius 3 is 2.52 bits per heavy atom. The Morgan fingerprint density at radius 1 is 1.13 bits per heavy atom. The number of anilines is 3. The molecule has 9 heteroatoms. The summed E-state index contributed by atoms with van der Waals surface area (Å²) in [6.07, 6.45) is 1.26. The lowest BCUT2D eigenvalue weighted by atomic mass is 10.1. The Hall–Kier alpha value is -3.33. The number of aromatic nitrogens is 4. The fraction of sp³-hybridized carbons (Fsp3) is 0.364. The molecule has 162 valence electrons. The van der Waals surface area contributed by atoms with Gasteiger partial charge in [0, 0.05) is 18.7 Å². The van der Waals surface area contributed by atoms with Gasteiger partial charge in [0.25, 0.3) is 0 Å². The fourth-order valence-electron chi connectivity index (χ4n) is 3.64. The lowest BCUT2D eigenvalue weighted by molar-refractivity contribution is -0.00572. The number of methoxy groups -OCH3 is 1. The smallest absolute Gasteiger partial charge is 0.227 e. The van der Waals surface area contributed by atoms with Crippen molar-refractivity contribution in [1.82, 2.24) is 20.2 Å². The van der Waals surface area contributed by atoms with E-state index in [4.69, 9.17) is 9.47 Å². The molecule has 0 unspecified atom stereocenters. The number of ether oxygens (including phenoxy) is 2. The van der Waals surface area contributed by atoms with Gasteiger partial charge >= 0.3 is 0 Å². The van der Waals surface area contributed by atoms with Gasteiger partial charge in [-0.05, 0) is 44.5 Å². The Balaban J connectivity index is 1.60. The Bertz CT molecular complexity index is 1050. The summed E-state index contributed by atoms with van der Waals surface area (Å²) in [6, 6.07) is 9.46. The van der Waals surface area contributed by atoms with Crippen LogP contribution in [0.2, 0.25) is 0 Å². The minimum absolute atomic E-state index is 0.0452. The molecule has 1 aromatic carbocycles. The zero-order valence-corrected chi connectivity index (χ0v) is 18.0. The zero-order valence-electron chi connectivity index (χ0n) is 18.0. The number of nitrogens with zero attached hydrogens (tertiary/aromatic N) is 5. The third-order valence-corrected chi connectivity index (χ3v) is 5.06. The van der Waals surface area contributed by atoms with Crippen molar-refractivity contribution in [3.63, 3.8) is 0 Å². The van der Waals surface area contributed by atoms with Crippen LogP contribution < -0.4 is 15.0 Å². The number of benzene rings is 1. The first-order chi connectivity index (χ1) is 14.9. The van der Waals surface area contributed by atoms with Gasteiger partial charge in [0.15, 0.2) is 17.5 Å². The van der Waals surface area contributed by atoms with Crippen LogP contribution in [0.4, 0.5) is 22.0 Å². The molecule has 31 heavy (non-hydrogen) atoms. The van der Waals surface area contributed by atoms with Gasteiger partial charge in [-0.3, -0.25) is 0 Å². The molecule has 0 saturated carbocycles. The van der Waals surface area contributed by atoms with E-state index in [1.165, 1.54) is 6.20 Å². The maximum absolute atomic E-state index is 14.5. The van der Waals surface area contributed by atoms with Gasteiger partial charge in [-0.25, -0.2) is 9.37 Å². The van der Waals surface area contributed by atoms with E-state index in [2.05, 4.69) is 25.5 Å². The minimum Gasteiger partial charge on any atom is -0.497 e. The van der Waals surface area contributed by atoms with Crippen LogP contribution in [0, 0.1) is 12.7 Å². The Morgan fingerprint density at radius 2 is 1.84 bits per heavy atom. The number of rotatable bonds is 5. The van der Waals surface area contributed by atoms with E-state index in [0.29, 0.717) is 24.9 Å². The van der Waals surface area contributed by atoms with Crippen LogP contribution in [0.3, 0.4) is 0 Å². The summed E-state index contributed by atoms with van der Waals surface area (Å²) < 4.78 is 25.4. The third kappa shape index (κ3) is 4.72. The van der Waals surface area contributed by atoms with E-state index in [1.54, 1.807) is 7.11 Å². The summed E-state index contributed by atoms with van der Waals surface area (Å²) >= 11 is 0. The van der Waals surface area contributed by atoms with Gasteiger partial charge < -0.3 is 19.7 Å². The second-order valence-electron chi connectivity index (χ2n) is 7.61. The van der Waals surface area contributed by atoms with E-state index in [1.807, 2.05) is 56.0 Å². The largest absolute Gasteiger partial charge is 0.497 e. The molecule has 1 saturated heterocycles. The molecule has 1 aliphatic rings. The van der Waals surface area contributed by atoms with Crippen molar-refractivity contribution in [2.45, 2.75) is 33.0 Å². The van der Waals surface area contributed by atoms with Gasteiger partial charge in [-0.1, -0.05) is 12.1 Å². The summed E-state index contributed by atoms with van der Waals surface area (Å²) in [5.74, 6) is 1.09. The van der Waals surface area contributed by atoms with Crippen LogP contribution in [-0.2, 0) is 4.74 Å². The number of halogens is 1. The molecule has 0 spiro atoms. The molecule has 3 heterocycles. The summed E-state index contributed by atoms with van der Waals surface area (Å²) in [5, 5.41) is 11.3. The van der Waals surface area contributed by atoms with Gasteiger partial charge in [-0.2, -0.15) is 10.1 Å². The third-order valence-electron chi connectivity index (χ3n) is 5.06. The average molecular weight is 424 g/mol. The average Bonchev–Trinajstić information content (AvgIpc) is 2.76. The molecule has 1 fully saturated rings. The lowest BCUT2D eigenvalue weighted by Gasteiger charge is -2.35. The van der Waals surface area contributed by atoms with Crippen molar-refractivity contribution >= 4 is 17.6 Å². The van der Waals surface area contributed by atoms with Gasteiger partial charge in [0.05, 0.1) is 31.2 Å². The maximum atomic E-state index is 14.5. The van der Waals surface area contributed by atoms with Crippen molar-refractivity contribution in [1.29, 1.82) is 0 Å². The first kappa shape index (κ1) is 20.9. The second-order valence-corrected chi connectivity index (χ2v) is 7.61. The number of nitrogens with one attached hydrogen (secondary N) is 1. The van der Waals surface area contributed by atoms with E-state index >= 15 is 0 Å². The monoisotopic (exact) mass is 424 g/mol. The van der Waals surface area contributed by atoms with Crippen molar-refractivity contribution in [2.75, 3.05) is 30.4 Å². The predicted octanol–water partition coefficient (Wildman–Crippen LogP) is 3.75. The summed E-state index contributed by atoms with van der Waals surface area (Å²) in [5.41, 5.74) is 2.60. The lowest BCUT2D eigenvalue weighted by Crippen LogP contribution is -2.46. The van der Waals surface area contributed by atoms with E-state index in [0.717, 1.165) is 22.6 Å². The molecule has 4 rings (SSSR count). The molecule has 1 aliphatic heterocycles. The normalized spacial score (nSPS) is 18.7. The minimum atomic E-state index is -0.563. The zero-order chi connectivity index (χ0) is 22.0. The van der Waals surface area contributed by atoms with Crippen LogP contribution in [-0.4, -0.2) is 52.6 Å². The van der Waals surface area contributed by atoms with E-state index < -0.39 is 5.82 Å². The SMILES string of the molecule is COc1ccc(-c2cc(Nc3nc(N4C[C@@H](C)O[C@@H](C)C4)ncc3F)nnc2C)cc1. The van der Waals surface area contributed by atoms with Crippen LogP contribution in [0.1, 0.15) is 19.5 Å². The molecule has 1 N–H and O–H groups in total. The van der Waals surface area contributed by atoms with Gasteiger partial charge in [0.1, 0.15) is 5.75 Å². The first-order valence-electron chi connectivity index (χ1n) is 10.1. The summed E-state index contributed by atoms with van der Waals surface area (Å²) in [4.78, 5) is 10.6. The van der Waals surface area contributed by atoms with Crippen molar-refractivity contribution in [3.8, 4) is 16.9 Å². The van der Waals surface area contributed by atoms with E-state index in [-0.39, 0.29) is 18.0 Å². The molecule has 0 amide bonds. The summed E-state index contributed by atoms with van der Waals surface area (Å²) in [7, 11) is 1.62. The second kappa shape index (κ2) is 8.81. The standard InChI is InChI=1S/C22H25FN6O2/c1-13-11-29(12-14(2)31-13)22-24-10-19(23)21(26-22)25-20-9-18(15(3)27-28-20)16-5-7-17(30-4)8-6-16/h5-10,13-14H,11-12H2,1-4H3,(H,24,25,26,28)/t13-,14+. The Labute approximate surface area is 180 Å². The highest BCUT2D eigenvalue weighted by Crippen LogP contribution is 2.28. The number of morpholine rings is 1. The fourth-order valence-corrected chi connectivity index (χ4v) is 3.64. The van der Waals surface area contributed by atoms with Crippen molar-refractivity contribution in [3.05, 3.63) is 48.0 Å². The molecule has 8 nitrogen and oxygen atoms in total. The number of hydrogen-bond acceptors (Lipinski definition) is 8. The van der Waals surface area contributed by atoms with Crippen molar-refractivity contribution < 1.29 is 13.9 Å². The van der Waals surface area contributed by atoms with Crippen LogP contribution in [0.5, 0.6) is 5.75 Å². The van der Waals surface area contributed by atoms with Crippen LogP contribution >= 0.6 is 0 Å². The quantitative estimate of drug-likeness (QED) is 0.663. The predicted molar refractivity (Wildman–Crippen MR) is 116 cm³/mol. The Kier molecular flexibility index (Phi) is 5.94. The molecule has 0 bridgehead atoms. The van der Waals surface area contributed by atoms with Crippen LogP contribution in [0.25, 0.3) is 11.1 Å². The maximum Gasteiger partial charge on any atom is 0.227 e. The van der Waals surface area contributed by atoms with Crippen LogP contribution in [0.15, 0.2) is 36.5 Å². The van der Waals surface area contributed by atoms with Gasteiger partial charge in [0.2, 0.25) is 5.95 Å². The molecule has 0 aliphatic carbocycles. The molecule has 0 radical (unpaired) electrons. The molecular formula is C22H25FN6O2. The number of hydrogen-bond donors (Lipinski definition) is 1. The highest BCUT2D eigenvalue weighted by Gasteiger charge is 2.25. The van der Waals surface area contributed by atoms with Crippen molar-refractivity contribution in [2.24, 2.45) is 0 Å². The van der Waals surface area contributed by atoms with E-state index in [9.17, 15) is 4.39 Å². The van der Waals surface area contributed by atoms with Gasteiger partial charge in [-0.15, -0.1) is 5.10 Å². The molecular weight excluding hydrogens is 399 g/mol. The first-order valence-corrected chi connectivity index (χ1v) is 10.1. The highest BCUT2D eigenvalue weighted by atomic mass is 19.1. The highest BCUT2D eigenvalue weighted by molar-refractivity contribution is 5.70. The summed E-state index contributed by atoms with van der Waals surface area (Å²) in [6.45, 7) is 7.14. The molecule has 3 aromatic rings. The number of aryl methyl sites for hydroxylation is 1.